The van der Waals surface area contributed by atoms with Crippen molar-refractivity contribution in [3.8, 4) is 0 Å². The summed E-state index contributed by atoms with van der Waals surface area (Å²) < 4.78 is 9.97. The summed E-state index contributed by atoms with van der Waals surface area (Å²) in [5.74, 6) is -1.20. The fourth-order valence-corrected chi connectivity index (χ4v) is 2.36. The van der Waals surface area contributed by atoms with Gasteiger partial charge in [-0.15, -0.1) is 0 Å². The molecule has 0 aliphatic heterocycles. The fraction of sp³-hybridized carbons (Fsp3) is 0.650. The maximum Gasteiger partial charge on any atom is 0.407 e. The van der Waals surface area contributed by atoms with Gasteiger partial charge in [0.2, 0.25) is 11.8 Å². The first kappa shape index (κ1) is 25.9. The van der Waals surface area contributed by atoms with E-state index in [9.17, 15) is 19.2 Å². The van der Waals surface area contributed by atoms with Crippen LogP contribution in [0.3, 0.4) is 0 Å². The van der Waals surface area contributed by atoms with Crippen molar-refractivity contribution in [1.29, 1.82) is 0 Å². The van der Waals surface area contributed by atoms with Crippen LogP contribution in [0.25, 0.3) is 0 Å². The van der Waals surface area contributed by atoms with Crippen LogP contribution in [-0.2, 0) is 14.3 Å². The molecule has 31 heavy (non-hydrogen) atoms. The van der Waals surface area contributed by atoms with Gasteiger partial charge in [0.05, 0.1) is 6.42 Å². The number of amides is 4. The summed E-state index contributed by atoms with van der Waals surface area (Å²) in [6.45, 7) is 12.4. The number of carbonyl (C=O) groups is 4. The van der Waals surface area contributed by atoms with Crippen molar-refractivity contribution in [2.24, 2.45) is 0 Å². The zero-order valence-corrected chi connectivity index (χ0v) is 19.2. The third kappa shape index (κ3) is 11.0. The van der Waals surface area contributed by atoms with Crippen LogP contribution < -0.4 is 21.3 Å². The summed E-state index contributed by atoms with van der Waals surface area (Å²) in [7, 11) is 0. The van der Waals surface area contributed by atoms with Crippen LogP contribution in [0.1, 0.15) is 64.2 Å². The summed E-state index contributed by atoms with van der Waals surface area (Å²) in [6.07, 6.45) is -0.886. The van der Waals surface area contributed by atoms with Crippen molar-refractivity contribution in [2.45, 2.75) is 72.1 Å². The molecule has 1 aromatic heterocycles. The SMILES string of the molecule is Cc1cc(C(=O)N[C@@H](CC(=O)NC(C)(C)C)C(=O)NCCNC(=O)OC(C)(C)C)no1. The third-order valence-electron chi connectivity index (χ3n) is 3.48. The molecule has 0 fully saturated rings. The Bertz CT molecular complexity index is 791. The molecule has 11 heteroatoms. The van der Waals surface area contributed by atoms with Gasteiger partial charge in [0.1, 0.15) is 17.4 Å². The van der Waals surface area contributed by atoms with E-state index in [1.54, 1.807) is 48.5 Å². The van der Waals surface area contributed by atoms with E-state index in [1.807, 2.05) is 0 Å². The summed E-state index contributed by atoms with van der Waals surface area (Å²) in [6, 6.07) is 0.276. The summed E-state index contributed by atoms with van der Waals surface area (Å²) >= 11 is 0. The number of hydrogen-bond acceptors (Lipinski definition) is 7. The summed E-state index contributed by atoms with van der Waals surface area (Å²) in [4.78, 5) is 48.9. The Hall–Kier alpha value is -3.11. The average Bonchev–Trinajstić information content (AvgIpc) is 3.01. The predicted octanol–water partition coefficient (Wildman–Crippen LogP) is 1.03. The molecule has 1 aromatic rings. The van der Waals surface area contributed by atoms with Gasteiger partial charge in [0.25, 0.3) is 5.91 Å². The van der Waals surface area contributed by atoms with E-state index in [4.69, 9.17) is 9.26 Å². The second-order valence-electron chi connectivity index (χ2n) is 9.07. The Morgan fingerprint density at radius 3 is 2.19 bits per heavy atom. The largest absolute Gasteiger partial charge is 0.444 e. The van der Waals surface area contributed by atoms with E-state index >= 15 is 0 Å². The molecule has 0 saturated carbocycles. The molecule has 4 N–H and O–H groups in total. The van der Waals surface area contributed by atoms with Gasteiger partial charge in [0, 0.05) is 24.7 Å². The third-order valence-corrected chi connectivity index (χ3v) is 3.48. The molecular weight excluding hydrogens is 406 g/mol. The number of rotatable bonds is 8. The van der Waals surface area contributed by atoms with Crippen molar-refractivity contribution < 1.29 is 28.4 Å². The number of alkyl carbamates (subject to hydrolysis) is 1. The zero-order chi connectivity index (χ0) is 23.8. The first-order chi connectivity index (χ1) is 14.2. The molecule has 1 heterocycles. The highest BCUT2D eigenvalue weighted by atomic mass is 16.6. The molecule has 4 amide bonds. The van der Waals surface area contributed by atoms with Gasteiger partial charge in [-0.1, -0.05) is 5.16 Å². The second-order valence-corrected chi connectivity index (χ2v) is 9.07. The van der Waals surface area contributed by atoms with Crippen molar-refractivity contribution in [2.75, 3.05) is 13.1 Å². The number of hydrogen-bond donors (Lipinski definition) is 4. The molecule has 0 aliphatic rings. The van der Waals surface area contributed by atoms with E-state index in [-0.39, 0.29) is 25.2 Å². The molecule has 0 spiro atoms. The van der Waals surface area contributed by atoms with Crippen LogP contribution in [0.5, 0.6) is 0 Å². The Balaban J connectivity index is 2.68. The highest BCUT2D eigenvalue weighted by Crippen LogP contribution is 2.06. The molecule has 1 atom stereocenters. The predicted molar refractivity (Wildman–Crippen MR) is 112 cm³/mol. The van der Waals surface area contributed by atoms with E-state index in [0.717, 1.165) is 0 Å². The fourth-order valence-electron chi connectivity index (χ4n) is 2.36. The lowest BCUT2D eigenvalue weighted by Gasteiger charge is -2.23. The Labute approximate surface area is 182 Å². The van der Waals surface area contributed by atoms with Crippen LogP contribution in [0.4, 0.5) is 4.79 Å². The van der Waals surface area contributed by atoms with E-state index in [1.165, 1.54) is 6.07 Å². The molecule has 0 radical (unpaired) electrons. The van der Waals surface area contributed by atoms with Crippen LogP contribution in [0.15, 0.2) is 10.6 Å². The van der Waals surface area contributed by atoms with Crippen molar-refractivity contribution >= 4 is 23.8 Å². The topological polar surface area (TPSA) is 152 Å². The highest BCUT2D eigenvalue weighted by molar-refractivity contribution is 5.97. The zero-order valence-electron chi connectivity index (χ0n) is 19.2. The Morgan fingerprint density at radius 2 is 1.68 bits per heavy atom. The quantitative estimate of drug-likeness (QED) is 0.441. The lowest BCUT2D eigenvalue weighted by Crippen LogP contribution is -2.51. The number of aryl methyl sites for hydroxylation is 1. The van der Waals surface area contributed by atoms with Gasteiger partial charge in [-0.05, 0) is 48.5 Å². The number of aromatic nitrogens is 1. The van der Waals surface area contributed by atoms with Crippen LogP contribution in [0.2, 0.25) is 0 Å². The Morgan fingerprint density at radius 1 is 1.06 bits per heavy atom. The minimum absolute atomic E-state index is 0.00174. The Kier molecular flexibility index (Phi) is 9.02. The average molecular weight is 440 g/mol. The number of ether oxygens (including phenoxy) is 1. The number of carbonyl (C=O) groups excluding carboxylic acids is 4. The van der Waals surface area contributed by atoms with E-state index in [0.29, 0.717) is 5.76 Å². The van der Waals surface area contributed by atoms with Gasteiger partial charge >= 0.3 is 6.09 Å². The molecule has 174 valence electrons. The van der Waals surface area contributed by atoms with Crippen molar-refractivity contribution in [3.63, 3.8) is 0 Å². The maximum absolute atomic E-state index is 12.6. The van der Waals surface area contributed by atoms with E-state index in [2.05, 4.69) is 26.4 Å². The van der Waals surface area contributed by atoms with Crippen LogP contribution in [-0.4, -0.2) is 59.2 Å². The van der Waals surface area contributed by atoms with Gasteiger partial charge in [-0.2, -0.15) is 0 Å². The molecule has 0 saturated heterocycles. The second kappa shape index (κ2) is 10.8. The standard InChI is InChI=1S/C20H33N5O6/c1-12-10-14(25-31-12)17(28)23-13(11-15(26)24-19(2,3)4)16(27)21-8-9-22-18(29)30-20(5,6)7/h10,13H,8-9,11H2,1-7H3,(H,21,27)(H,22,29)(H,23,28)(H,24,26)/t13-/m0/s1. The first-order valence-electron chi connectivity index (χ1n) is 9.96. The molecule has 0 bridgehead atoms. The molecular formula is C20H33N5O6. The van der Waals surface area contributed by atoms with Gasteiger partial charge in [0.15, 0.2) is 5.69 Å². The minimum Gasteiger partial charge on any atom is -0.444 e. The normalized spacial score (nSPS) is 12.5. The molecule has 0 aliphatic carbocycles. The van der Waals surface area contributed by atoms with Crippen LogP contribution >= 0.6 is 0 Å². The molecule has 1 rings (SSSR count). The van der Waals surface area contributed by atoms with Gasteiger partial charge in [-0.3, -0.25) is 14.4 Å². The number of nitrogens with zero attached hydrogens (tertiary/aromatic N) is 1. The smallest absolute Gasteiger partial charge is 0.407 e. The lowest BCUT2D eigenvalue weighted by atomic mass is 10.1. The molecule has 11 nitrogen and oxygen atoms in total. The summed E-state index contributed by atoms with van der Waals surface area (Å²) in [5, 5.41) is 13.9. The molecule has 0 unspecified atom stereocenters. The summed E-state index contributed by atoms with van der Waals surface area (Å²) in [5.41, 5.74) is -1.14. The van der Waals surface area contributed by atoms with E-state index < -0.39 is 41.0 Å². The maximum atomic E-state index is 12.6. The highest BCUT2D eigenvalue weighted by Gasteiger charge is 2.27. The minimum atomic E-state index is -1.15. The monoisotopic (exact) mass is 439 g/mol. The van der Waals surface area contributed by atoms with Gasteiger partial charge in [-0.25, -0.2) is 4.79 Å². The molecule has 0 aromatic carbocycles. The number of nitrogens with one attached hydrogen (secondary N) is 4. The lowest BCUT2D eigenvalue weighted by molar-refractivity contribution is -0.128. The van der Waals surface area contributed by atoms with Gasteiger partial charge < -0.3 is 30.5 Å². The first-order valence-corrected chi connectivity index (χ1v) is 9.96. The van der Waals surface area contributed by atoms with Crippen molar-refractivity contribution in [3.05, 3.63) is 17.5 Å². The van der Waals surface area contributed by atoms with Crippen LogP contribution in [0, 0.1) is 6.92 Å². The van der Waals surface area contributed by atoms with Crippen molar-refractivity contribution in [1.82, 2.24) is 26.4 Å².